The molecule has 0 radical (unpaired) electrons. The molecule has 1 saturated heterocycles. The van der Waals surface area contributed by atoms with Crippen LogP contribution in [-0.4, -0.2) is 16.7 Å². The van der Waals surface area contributed by atoms with Gasteiger partial charge in [-0.1, -0.05) is 24.3 Å². The number of carbonyl (C=O) groups excluding carboxylic acids is 2. The third-order valence-electron chi connectivity index (χ3n) is 5.04. The average Bonchev–Trinajstić information content (AvgIpc) is 2.93. The van der Waals surface area contributed by atoms with E-state index >= 15 is 0 Å². The Hall–Kier alpha value is -3.28. The summed E-state index contributed by atoms with van der Waals surface area (Å²) < 4.78 is 0. The van der Waals surface area contributed by atoms with Gasteiger partial charge in [-0.25, -0.2) is 0 Å². The van der Waals surface area contributed by atoms with Crippen LogP contribution >= 0.6 is 0 Å². The Bertz CT molecular complexity index is 890. The molecule has 0 saturated carbocycles. The molecule has 0 bridgehead atoms. The lowest BCUT2D eigenvalue weighted by Crippen LogP contribution is -2.30. The SMILES string of the molecule is O=C1[C@@H]2CC=CC[C@H]2C(=O)N1c1ccc(-c2ccc([N+](=O)[O-])cc2)cc1. The van der Waals surface area contributed by atoms with Crippen LogP contribution in [0.5, 0.6) is 0 Å². The van der Waals surface area contributed by atoms with Crippen molar-refractivity contribution in [2.24, 2.45) is 11.8 Å². The lowest BCUT2D eigenvalue weighted by atomic mass is 9.85. The summed E-state index contributed by atoms with van der Waals surface area (Å²) in [5.41, 5.74) is 2.30. The summed E-state index contributed by atoms with van der Waals surface area (Å²) in [6, 6.07) is 13.4. The number of nitro groups is 1. The minimum absolute atomic E-state index is 0.0369. The van der Waals surface area contributed by atoms with Gasteiger partial charge in [0, 0.05) is 12.1 Å². The third-order valence-corrected chi connectivity index (χ3v) is 5.04. The van der Waals surface area contributed by atoms with Gasteiger partial charge < -0.3 is 0 Å². The largest absolute Gasteiger partial charge is 0.274 e. The van der Waals surface area contributed by atoms with Crippen molar-refractivity contribution < 1.29 is 14.5 Å². The summed E-state index contributed by atoms with van der Waals surface area (Å²) in [6.07, 6.45) is 5.17. The number of allylic oxidation sites excluding steroid dienone is 2. The number of rotatable bonds is 3. The number of anilines is 1. The van der Waals surface area contributed by atoms with Crippen LogP contribution < -0.4 is 4.90 Å². The fraction of sp³-hybridized carbons (Fsp3) is 0.200. The van der Waals surface area contributed by atoms with Crippen molar-refractivity contribution in [3.8, 4) is 11.1 Å². The summed E-state index contributed by atoms with van der Waals surface area (Å²) in [5.74, 6) is -0.761. The third kappa shape index (κ3) is 2.60. The van der Waals surface area contributed by atoms with E-state index in [4.69, 9.17) is 0 Å². The van der Waals surface area contributed by atoms with Gasteiger partial charge in [0.1, 0.15) is 0 Å². The van der Waals surface area contributed by atoms with E-state index in [1.165, 1.54) is 17.0 Å². The fourth-order valence-corrected chi connectivity index (χ4v) is 3.63. The smallest absolute Gasteiger partial charge is 0.269 e. The lowest BCUT2D eigenvalue weighted by Gasteiger charge is -2.15. The second kappa shape index (κ2) is 6.22. The van der Waals surface area contributed by atoms with Crippen LogP contribution in [0.3, 0.4) is 0 Å². The van der Waals surface area contributed by atoms with E-state index in [0.717, 1.165) is 11.1 Å². The normalized spacial score (nSPS) is 21.8. The highest BCUT2D eigenvalue weighted by atomic mass is 16.6. The predicted octanol–water partition coefficient (Wildman–Crippen LogP) is 3.72. The quantitative estimate of drug-likeness (QED) is 0.366. The molecule has 6 nitrogen and oxygen atoms in total. The molecule has 2 atom stereocenters. The highest BCUT2D eigenvalue weighted by Gasteiger charge is 2.47. The Morgan fingerprint density at radius 2 is 1.27 bits per heavy atom. The van der Waals surface area contributed by atoms with Crippen molar-refractivity contribution in [1.82, 2.24) is 0 Å². The number of hydrogen-bond acceptors (Lipinski definition) is 4. The van der Waals surface area contributed by atoms with E-state index in [9.17, 15) is 19.7 Å². The maximum Gasteiger partial charge on any atom is 0.269 e. The zero-order valence-electron chi connectivity index (χ0n) is 13.9. The highest BCUT2D eigenvalue weighted by molar-refractivity contribution is 6.22. The lowest BCUT2D eigenvalue weighted by molar-refractivity contribution is -0.384. The average molecular weight is 348 g/mol. The van der Waals surface area contributed by atoms with Crippen LogP contribution in [0.1, 0.15) is 12.8 Å². The minimum Gasteiger partial charge on any atom is -0.274 e. The molecule has 0 N–H and O–H groups in total. The summed E-state index contributed by atoms with van der Waals surface area (Å²) in [5, 5.41) is 10.7. The Balaban J connectivity index is 1.59. The number of amides is 2. The Morgan fingerprint density at radius 3 is 1.73 bits per heavy atom. The maximum atomic E-state index is 12.6. The topological polar surface area (TPSA) is 80.5 Å². The van der Waals surface area contributed by atoms with Gasteiger partial charge in [-0.2, -0.15) is 0 Å². The first-order valence-corrected chi connectivity index (χ1v) is 8.44. The van der Waals surface area contributed by atoms with Crippen molar-refractivity contribution in [2.75, 3.05) is 4.90 Å². The van der Waals surface area contributed by atoms with Crippen LogP contribution in [0.25, 0.3) is 11.1 Å². The molecule has 1 aliphatic heterocycles. The standard InChI is InChI=1S/C20H16N2O4/c23-19-17-3-1-2-4-18(17)20(24)21(19)15-9-5-13(6-10-15)14-7-11-16(12-8-14)22(25)26/h1-2,5-12,17-18H,3-4H2/t17-,18-/m1/s1. The molecule has 2 aromatic carbocycles. The van der Waals surface area contributed by atoms with Crippen molar-refractivity contribution in [3.63, 3.8) is 0 Å². The van der Waals surface area contributed by atoms with Crippen LogP contribution in [0.4, 0.5) is 11.4 Å². The van der Waals surface area contributed by atoms with Gasteiger partial charge in [-0.15, -0.1) is 0 Å². The van der Waals surface area contributed by atoms with Gasteiger partial charge in [0.2, 0.25) is 11.8 Å². The minimum atomic E-state index is -0.439. The first-order valence-electron chi connectivity index (χ1n) is 8.44. The zero-order chi connectivity index (χ0) is 18.3. The van der Waals surface area contributed by atoms with Gasteiger partial charge in [-0.05, 0) is 48.2 Å². The number of carbonyl (C=O) groups is 2. The van der Waals surface area contributed by atoms with Crippen molar-refractivity contribution in [2.45, 2.75) is 12.8 Å². The molecular weight excluding hydrogens is 332 g/mol. The first kappa shape index (κ1) is 16.2. The molecule has 1 heterocycles. The summed E-state index contributed by atoms with van der Waals surface area (Å²) in [7, 11) is 0. The Kier molecular flexibility index (Phi) is 3.88. The molecule has 1 aliphatic carbocycles. The van der Waals surface area contributed by atoms with E-state index in [1.54, 1.807) is 24.3 Å². The molecular formula is C20H16N2O4. The van der Waals surface area contributed by atoms with Crippen LogP contribution in [0.15, 0.2) is 60.7 Å². The van der Waals surface area contributed by atoms with Crippen molar-refractivity contribution in [1.29, 1.82) is 0 Å². The summed E-state index contributed by atoms with van der Waals surface area (Å²) in [6.45, 7) is 0. The molecule has 0 aromatic heterocycles. The van der Waals surface area contributed by atoms with Gasteiger partial charge >= 0.3 is 0 Å². The Morgan fingerprint density at radius 1 is 0.808 bits per heavy atom. The number of imide groups is 1. The van der Waals surface area contributed by atoms with Gasteiger partial charge in [-0.3, -0.25) is 24.6 Å². The molecule has 0 unspecified atom stereocenters. The number of fused-ring (bicyclic) bond motifs is 1. The molecule has 2 aromatic rings. The van der Waals surface area contributed by atoms with E-state index in [2.05, 4.69) is 0 Å². The Labute approximate surface area is 149 Å². The molecule has 6 heteroatoms. The molecule has 2 amide bonds. The summed E-state index contributed by atoms with van der Waals surface area (Å²) >= 11 is 0. The van der Waals surface area contributed by atoms with Gasteiger partial charge in [0.05, 0.1) is 22.4 Å². The summed E-state index contributed by atoms with van der Waals surface area (Å²) in [4.78, 5) is 36.8. The number of hydrogen-bond donors (Lipinski definition) is 0. The maximum absolute atomic E-state index is 12.6. The first-order chi connectivity index (χ1) is 12.6. The molecule has 0 spiro atoms. The molecule has 1 fully saturated rings. The molecule has 2 aliphatic rings. The molecule has 4 rings (SSSR count). The number of benzene rings is 2. The number of nitrogens with zero attached hydrogens (tertiary/aromatic N) is 2. The van der Waals surface area contributed by atoms with Crippen molar-refractivity contribution in [3.05, 3.63) is 70.8 Å². The van der Waals surface area contributed by atoms with E-state index in [0.29, 0.717) is 18.5 Å². The highest BCUT2D eigenvalue weighted by Crippen LogP contribution is 2.38. The van der Waals surface area contributed by atoms with Gasteiger partial charge in [0.15, 0.2) is 0 Å². The zero-order valence-corrected chi connectivity index (χ0v) is 13.9. The van der Waals surface area contributed by atoms with Crippen LogP contribution in [0.2, 0.25) is 0 Å². The second-order valence-electron chi connectivity index (χ2n) is 6.52. The van der Waals surface area contributed by atoms with E-state index in [-0.39, 0.29) is 29.3 Å². The van der Waals surface area contributed by atoms with E-state index < -0.39 is 4.92 Å². The molecule has 130 valence electrons. The van der Waals surface area contributed by atoms with Crippen LogP contribution in [-0.2, 0) is 9.59 Å². The van der Waals surface area contributed by atoms with E-state index in [1.807, 2.05) is 24.3 Å². The fourth-order valence-electron chi connectivity index (χ4n) is 3.63. The van der Waals surface area contributed by atoms with Crippen LogP contribution in [0, 0.1) is 22.0 Å². The molecule has 26 heavy (non-hydrogen) atoms. The van der Waals surface area contributed by atoms with Gasteiger partial charge in [0.25, 0.3) is 5.69 Å². The van der Waals surface area contributed by atoms with Crippen molar-refractivity contribution >= 4 is 23.2 Å². The number of nitro benzene ring substituents is 1. The monoisotopic (exact) mass is 348 g/mol. The number of non-ortho nitro benzene ring substituents is 1. The second-order valence-corrected chi connectivity index (χ2v) is 6.52. The predicted molar refractivity (Wildman–Crippen MR) is 96.4 cm³/mol.